The van der Waals surface area contributed by atoms with Gasteiger partial charge in [0.1, 0.15) is 0 Å². The highest BCUT2D eigenvalue weighted by molar-refractivity contribution is 9.09. The van der Waals surface area contributed by atoms with E-state index in [9.17, 15) is 18.0 Å². The number of nitrogens with one attached hydrogen (secondary N) is 1. The molecule has 0 heterocycles. The van der Waals surface area contributed by atoms with Crippen molar-refractivity contribution < 1.29 is 18.0 Å². The van der Waals surface area contributed by atoms with Gasteiger partial charge in [-0.1, -0.05) is 15.9 Å². The van der Waals surface area contributed by atoms with Crippen molar-refractivity contribution in [2.24, 2.45) is 11.8 Å². The van der Waals surface area contributed by atoms with Gasteiger partial charge in [0.2, 0.25) is 5.91 Å². The van der Waals surface area contributed by atoms with E-state index >= 15 is 0 Å². The van der Waals surface area contributed by atoms with Crippen LogP contribution in [0.1, 0.15) is 45.4 Å². The van der Waals surface area contributed by atoms with Gasteiger partial charge in [-0.25, -0.2) is 0 Å². The second kappa shape index (κ2) is 7.50. The van der Waals surface area contributed by atoms with E-state index in [-0.39, 0.29) is 30.7 Å². The summed E-state index contributed by atoms with van der Waals surface area (Å²) in [5.41, 5.74) is 0. The van der Waals surface area contributed by atoms with Gasteiger partial charge in [-0.15, -0.1) is 0 Å². The van der Waals surface area contributed by atoms with E-state index in [1.807, 2.05) is 6.92 Å². The summed E-state index contributed by atoms with van der Waals surface area (Å²) in [6.45, 7) is 1.93. The standard InChI is InChI=1S/C13H21BrF3NO/c1-9(3-2-8-14)18-12(19)10-4-6-11(7-5-10)13(15,16)17/h9-11H,2-8H2,1H3,(H,18,19). The quantitative estimate of drug-likeness (QED) is 0.750. The highest BCUT2D eigenvalue weighted by Gasteiger charge is 2.42. The third-order valence-corrected chi connectivity index (χ3v) is 4.28. The normalized spacial score (nSPS) is 25.9. The number of hydrogen-bond donors (Lipinski definition) is 1. The maximum absolute atomic E-state index is 12.5. The van der Waals surface area contributed by atoms with Crippen LogP contribution in [0.2, 0.25) is 0 Å². The molecular formula is C13H21BrF3NO. The molecule has 0 aliphatic heterocycles. The summed E-state index contributed by atoms with van der Waals surface area (Å²) >= 11 is 3.33. The number of alkyl halides is 4. The first-order valence-electron chi connectivity index (χ1n) is 6.77. The third kappa shape index (κ3) is 5.71. The molecule has 0 saturated heterocycles. The Bertz CT molecular complexity index is 288. The molecule has 1 saturated carbocycles. The van der Waals surface area contributed by atoms with Crippen LogP contribution in [0.25, 0.3) is 0 Å². The Morgan fingerprint density at radius 2 is 1.89 bits per heavy atom. The van der Waals surface area contributed by atoms with Crippen LogP contribution >= 0.6 is 15.9 Å². The molecule has 0 aromatic heterocycles. The van der Waals surface area contributed by atoms with Crippen LogP contribution in [-0.4, -0.2) is 23.5 Å². The molecule has 1 fully saturated rings. The molecule has 0 radical (unpaired) electrons. The highest BCUT2D eigenvalue weighted by Crippen LogP contribution is 2.39. The van der Waals surface area contributed by atoms with Crippen molar-refractivity contribution in [3.05, 3.63) is 0 Å². The number of carbonyl (C=O) groups excluding carboxylic acids is 1. The van der Waals surface area contributed by atoms with Gasteiger partial charge in [-0.3, -0.25) is 4.79 Å². The van der Waals surface area contributed by atoms with Crippen molar-refractivity contribution in [3.8, 4) is 0 Å². The third-order valence-electron chi connectivity index (χ3n) is 3.72. The van der Waals surface area contributed by atoms with E-state index in [1.165, 1.54) is 0 Å². The first kappa shape index (κ1) is 16.8. The zero-order chi connectivity index (χ0) is 14.5. The lowest BCUT2D eigenvalue weighted by molar-refractivity contribution is -0.184. The Kier molecular flexibility index (Phi) is 6.63. The molecule has 0 bridgehead atoms. The second-order valence-electron chi connectivity index (χ2n) is 5.33. The summed E-state index contributed by atoms with van der Waals surface area (Å²) in [7, 11) is 0. The predicted octanol–water partition coefficient (Wildman–Crippen LogP) is 4.03. The van der Waals surface area contributed by atoms with Crippen LogP contribution in [-0.2, 0) is 4.79 Å². The summed E-state index contributed by atoms with van der Waals surface area (Å²) in [4.78, 5) is 11.9. The fraction of sp³-hybridized carbons (Fsp3) is 0.923. The number of hydrogen-bond acceptors (Lipinski definition) is 1. The highest BCUT2D eigenvalue weighted by atomic mass is 79.9. The Hall–Kier alpha value is -0.260. The van der Waals surface area contributed by atoms with Crippen molar-refractivity contribution in [1.29, 1.82) is 0 Å². The second-order valence-corrected chi connectivity index (χ2v) is 6.12. The van der Waals surface area contributed by atoms with E-state index in [4.69, 9.17) is 0 Å². The zero-order valence-corrected chi connectivity index (χ0v) is 12.7. The van der Waals surface area contributed by atoms with Gasteiger partial charge in [0.05, 0.1) is 5.92 Å². The molecule has 1 rings (SSSR count). The van der Waals surface area contributed by atoms with E-state index in [0.29, 0.717) is 12.8 Å². The molecular weight excluding hydrogens is 323 g/mol. The van der Waals surface area contributed by atoms with Crippen LogP contribution in [0.15, 0.2) is 0 Å². The summed E-state index contributed by atoms with van der Waals surface area (Å²) in [6.07, 6.45) is -1.39. The molecule has 19 heavy (non-hydrogen) atoms. The number of rotatable bonds is 5. The van der Waals surface area contributed by atoms with Crippen molar-refractivity contribution in [2.45, 2.75) is 57.7 Å². The summed E-state index contributed by atoms with van der Waals surface area (Å²) < 4.78 is 37.5. The van der Waals surface area contributed by atoms with Gasteiger partial charge in [0.25, 0.3) is 0 Å². The van der Waals surface area contributed by atoms with E-state index in [0.717, 1.165) is 18.2 Å². The number of halogens is 4. The minimum absolute atomic E-state index is 0.0807. The van der Waals surface area contributed by atoms with Crippen molar-refractivity contribution in [2.75, 3.05) is 5.33 Å². The Morgan fingerprint density at radius 3 is 2.37 bits per heavy atom. The largest absolute Gasteiger partial charge is 0.391 e. The van der Waals surface area contributed by atoms with Crippen LogP contribution in [0.3, 0.4) is 0 Å². The maximum Gasteiger partial charge on any atom is 0.391 e. The molecule has 1 aliphatic rings. The molecule has 1 atom stereocenters. The van der Waals surface area contributed by atoms with Crippen LogP contribution in [0.5, 0.6) is 0 Å². The van der Waals surface area contributed by atoms with Gasteiger partial charge in [-0.05, 0) is 45.4 Å². The number of carbonyl (C=O) groups is 1. The smallest absolute Gasteiger partial charge is 0.353 e. The topological polar surface area (TPSA) is 29.1 Å². The monoisotopic (exact) mass is 343 g/mol. The van der Waals surface area contributed by atoms with E-state index < -0.39 is 12.1 Å². The Morgan fingerprint density at radius 1 is 1.32 bits per heavy atom. The van der Waals surface area contributed by atoms with Gasteiger partial charge in [0, 0.05) is 17.3 Å². The lowest BCUT2D eigenvalue weighted by Crippen LogP contribution is -2.40. The zero-order valence-electron chi connectivity index (χ0n) is 11.1. The summed E-state index contributed by atoms with van der Waals surface area (Å²) in [5, 5.41) is 3.79. The number of amides is 1. The minimum Gasteiger partial charge on any atom is -0.353 e. The van der Waals surface area contributed by atoms with Crippen molar-refractivity contribution >= 4 is 21.8 Å². The average molecular weight is 344 g/mol. The molecule has 6 heteroatoms. The first-order chi connectivity index (χ1) is 8.84. The van der Waals surface area contributed by atoms with Crippen LogP contribution < -0.4 is 5.32 Å². The van der Waals surface area contributed by atoms with Gasteiger partial charge in [0.15, 0.2) is 0 Å². The summed E-state index contributed by atoms with van der Waals surface area (Å²) in [5.74, 6) is -1.55. The van der Waals surface area contributed by atoms with Gasteiger partial charge in [-0.2, -0.15) is 13.2 Å². The fourth-order valence-corrected chi connectivity index (χ4v) is 2.82. The molecule has 0 spiro atoms. The van der Waals surface area contributed by atoms with Gasteiger partial charge >= 0.3 is 6.18 Å². The van der Waals surface area contributed by atoms with E-state index in [2.05, 4.69) is 21.2 Å². The minimum atomic E-state index is -4.11. The average Bonchev–Trinajstić information content (AvgIpc) is 2.35. The SMILES string of the molecule is CC(CCCBr)NC(=O)C1CCC(C(F)(F)F)CC1. The van der Waals surface area contributed by atoms with E-state index in [1.54, 1.807) is 0 Å². The maximum atomic E-state index is 12.5. The fourth-order valence-electron chi connectivity index (χ4n) is 2.50. The molecule has 1 amide bonds. The molecule has 0 aromatic carbocycles. The first-order valence-corrected chi connectivity index (χ1v) is 7.89. The molecule has 2 nitrogen and oxygen atoms in total. The van der Waals surface area contributed by atoms with Crippen LogP contribution in [0.4, 0.5) is 13.2 Å². The molecule has 1 unspecified atom stereocenters. The van der Waals surface area contributed by atoms with Crippen molar-refractivity contribution in [1.82, 2.24) is 5.32 Å². The van der Waals surface area contributed by atoms with Crippen LogP contribution in [0, 0.1) is 11.8 Å². The predicted molar refractivity (Wildman–Crippen MR) is 72.1 cm³/mol. The van der Waals surface area contributed by atoms with Crippen molar-refractivity contribution in [3.63, 3.8) is 0 Å². The molecule has 1 aliphatic carbocycles. The Labute approximate surface area is 120 Å². The summed E-state index contributed by atoms with van der Waals surface area (Å²) in [6, 6.07) is 0.0883. The van der Waals surface area contributed by atoms with Gasteiger partial charge < -0.3 is 5.32 Å². The molecule has 1 N–H and O–H groups in total. The Balaban J connectivity index is 2.33. The molecule has 0 aromatic rings. The molecule has 112 valence electrons. The lowest BCUT2D eigenvalue weighted by atomic mass is 9.81. The lowest BCUT2D eigenvalue weighted by Gasteiger charge is -2.29.